The SMILES string of the molecule is COCC(=O)N1CCN(Cc2c(-c3ccc(F)cc3)nc3ccc(-c4ccccc4)cn23)CC1. The lowest BCUT2D eigenvalue weighted by Crippen LogP contribution is -2.49. The first-order valence-electron chi connectivity index (χ1n) is 11.4. The van der Waals surface area contributed by atoms with E-state index in [1.807, 2.05) is 29.2 Å². The summed E-state index contributed by atoms with van der Waals surface area (Å²) in [4.78, 5) is 21.3. The van der Waals surface area contributed by atoms with Crippen LogP contribution in [0.2, 0.25) is 0 Å². The van der Waals surface area contributed by atoms with Crippen molar-refractivity contribution >= 4 is 11.6 Å². The summed E-state index contributed by atoms with van der Waals surface area (Å²) in [5.74, 6) is -0.242. The zero-order valence-electron chi connectivity index (χ0n) is 19.2. The maximum Gasteiger partial charge on any atom is 0.248 e. The number of amides is 1. The lowest BCUT2D eigenvalue weighted by molar-refractivity contribution is -0.136. The molecule has 1 aliphatic heterocycles. The Hall–Kier alpha value is -3.55. The van der Waals surface area contributed by atoms with Crippen LogP contribution in [0.3, 0.4) is 0 Å². The summed E-state index contributed by atoms with van der Waals surface area (Å²) in [6.45, 7) is 3.66. The number of ether oxygens (including phenoxy) is 1. The summed E-state index contributed by atoms with van der Waals surface area (Å²) in [6, 6.07) is 20.9. The summed E-state index contributed by atoms with van der Waals surface area (Å²) < 4.78 is 20.7. The van der Waals surface area contributed by atoms with Crippen molar-refractivity contribution in [3.63, 3.8) is 0 Å². The van der Waals surface area contributed by atoms with Crippen molar-refractivity contribution in [2.24, 2.45) is 0 Å². The van der Waals surface area contributed by atoms with E-state index in [-0.39, 0.29) is 18.3 Å². The Labute approximate surface area is 198 Å². The second kappa shape index (κ2) is 9.75. The Morgan fingerprint density at radius 1 is 0.912 bits per heavy atom. The zero-order chi connectivity index (χ0) is 23.5. The number of hydrogen-bond acceptors (Lipinski definition) is 4. The number of halogens is 1. The van der Waals surface area contributed by atoms with E-state index in [4.69, 9.17) is 9.72 Å². The van der Waals surface area contributed by atoms with Crippen molar-refractivity contribution in [3.8, 4) is 22.4 Å². The molecule has 0 aliphatic carbocycles. The van der Waals surface area contributed by atoms with Gasteiger partial charge in [0.15, 0.2) is 0 Å². The van der Waals surface area contributed by atoms with Gasteiger partial charge in [0, 0.05) is 51.6 Å². The van der Waals surface area contributed by atoms with Crippen LogP contribution in [0.5, 0.6) is 0 Å². The second-order valence-corrected chi connectivity index (χ2v) is 8.52. The third-order valence-corrected chi connectivity index (χ3v) is 6.31. The van der Waals surface area contributed by atoms with Crippen molar-refractivity contribution in [2.45, 2.75) is 6.54 Å². The molecule has 2 aromatic heterocycles. The molecule has 0 unspecified atom stereocenters. The number of piperazine rings is 1. The smallest absolute Gasteiger partial charge is 0.248 e. The number of pyridine rings is 1. The minimum absolute atomic E-state index is 0.0245. The molecule has 1 fully saturated rings. The van der Waals surface area contributed by atoms with E-state index >= 15 is 0 Å². The third kappa shape index (κ3) is 4.58. The van der Waals surface area contributed by atoms with Gasteiger partial charge in [-0.3, -0.25) is 9.69 Å². The Morgan fingerprint density at radius 2 is 1.62 bits per heavy atom. The molecule has 7 heteroatoms. The van der Waals surface area contributed by atoms with Crippen LogP contribution in [-0.4, -0.2) is 65.0 Å². The Bertz CT molecular complexity index is 1280. The van der Waals surface area contributed by atoms with Gasteiger partial charge in [-0.2, -0.15) is 0 Å². The van der Waals surface area contributed by atoms with Gasteiger partial charge < -0.3 is 14.0 Å². The van der Waals surface area contributed by atoms with Crippen molar-refractivity contribution in [1.82, 2.24) is 19.2 Å². The molecule has 34 heavy (non-hydrogen) atoms. The zero-order valence-corrected chi connectivity index (χ0v) is 19.2. The maximum atomic E-state index is 13.6. The molecular weight excluding hydrogens is 431 g/mol. The number of nitrogens with zero attached hydrogens (tertiary/aromatic N) is 4. The first-order valence-corrected chi connectivity index (χ1v) is 11.4. The largest absolute Gasteiger partial charge is 0.375 e. The molecule has 1 saturated heterocycles. The highest BCUT2D eigenvalue weighted by Gasteiger charge is 2.23. The van der Waals surface area contributed by atoms with Gasteiger partial charge in [0.25, 0.3) is 0 Å². The predicted octanol–water partition coefficient (Wildman–Crippen LogP) is 4.10. The number of carbonyl (C=O) groups excluding carboxylic acids is 1. The molecule has 3 heterocycles. The quantitative estimate of drug-likeness (QED) is 0.437. The lowest BCUT2D eigenvalue weighted by Gasteiger charge is -2.34. The van der Waals surface area contributed by atoms with E-state index in [0.29, 0.717) is 19.6 Å². The van der Waals surface area contributed by atoms with Gasteiger partial charge in [-0.25, -0.2) is 9.37 Å². The van der Waals surface area contributed by atoms with E-state index in [9.17, 15) is 9.18 Å². The molecular formula is C27H27FN4O2. The van der Waals surface area contributed by atoms with E-state index in [0.717, 1.165) is 46.8 Å². The van der Waals surface area contributed by atoms with E-state index in [1.165, 1.54) is 12.1 Å². The lowest BCUT2D eigenvalue weighted by atomic mass is 10.1. The minimum Gasteiger partial charge on any atom is -0.375 e. The summed E-state index contributed by atoms with van der Waals surface area (Å²) in [5, 5.41) is 0. The third-order valence-electron chi connectivity index (χ3n) is 6.31. The Morgan fingerprint density at radius 3 is 2.32 bits per heavy atom. The normalized spacial score (nSPS) is 14.6. The van der Waals surface area contributed by atoms with Gasteiger partial charge in [-0.05, 0) is 47.5 Å². The maximum absolute atomic E-state index is 13.6. The van der Waals surface area contributed by atoms with Crippen LogP contribution in [-0.2, 0) is 16.1 Å². The molecule has 4 aromatic rings. The van der Waals surface area contributed by atoms with E-state index in [1.54, 1.807) is 19.2 Å². The highest BCUT2D eigenvalue weighted by Crippen LogP contribution is 2.29. The summed E-state index contributed by atoms with van der Waals surface area (Å²) in [7, 11) is 1.54. The van der Waals surface area contributed by atoms with Gasteiger partial charge in [-0.1, -0.05) is 30.3 Å². The highest BCUT2D eigenvalue weighted by molar-refractivity contribution is 5.77. The first kappa shape index (κ1) is 22.3. The van der Waals surface area contributed by atoms with Crippen LogP contribution in [0.1, 0.15) is 5.69 Å². The number of rotatable bonds is 6. The van der Waals surface area contributed by atoms with Gasteiger partial charge in [0.1, 0.15) is 18.1 Å². The number of carbonyl (C=O) groups is 1. The fourth-order valence-electron chi connectivity index (χ4n) is 4.47. The first-order chi connectivity index (χ1) is 16.6. The number of methoxy groups -OCH3 is 1. The molecule has 0 spiro atoms. The van der Waals surface area contributed by atoms with Gasteiger partial charge >= 0.3 is 0 Å². The van der Waals surface area contributed by atoms with Crippen molar-refractivity contribution in [2.75, 3.05) is 39.9 Å². The average molecular weight is 459 g/mol. The molecule has 5 rings (SSSR count). The molecule has 1 aliphatic rings. The molecule has 174 valence electrons. The van der Waals surface area contributed by atoms with Crippen LogP contribution in [0.4, 0.5) is 4.39 Å². The van der Waals surface area contributed by atoms with Crippen LogP contribution >= 0.6 is 0 Å². The van der Waals surface area contributed by atoms with E-state index < -0.39 is 0 Å². The summed E-state index contributed by atoms with van der Waals surface area (Å²) >= 11 is 0. The number of fused-ring (bicyclic) bond motifs is 1. The van der Waals surface area contributed by atoms with E-state index in [2.05, 4.69) is 33.7 Å². The molecule has 1 amide bonds. The highest BCUT2D eigenvalue weighted by atomic mass is 19.1. The van der Waals surface area contributed by atoms with Crippen LogP contribution in [0.15, 0.2) is 72.9 Å². The summed E-state index contributed by atoms with van der Waals surface area (Å²) in [5.41, 5.74) is 5.88. The van der Waals surface area contributed by atoms with Gasteiger partial charge in [0.05, 0.1) is 11.4 Å². The molecule has 0 bridgehead atoms. The van der Waals surface area contributed by atoms with Gasteiger partial charge in [0.2, 0.25) is 5.91 Å². The second-order valence-electron chi connectivity index (χ2n) is 8.52. The average Bonchev–Trinajstić information content (AvgIpc) is 3.23. The number of hydrogen-bond donors (Lipinski definition) is 0. The topological polar surface area (TPSA) is 50.1 Å². The summed E-state index contributed by atoms with van der Waals surface area (Å²) in [6.07, 6.45) is 2.12. The number of aromatic nitrogens is 2. The Kier molecular flexibility index (Phi) is 6.38. The molecule has 0 saturated carbocycles. The van der Waals surface area contributed by atoms with Crippen molar-refractivity contribution < 1.29 is 13.9 Å². The Balaban J connectivity index is 1.49. The van der Waals surface area contributed by atoms with Crippen LogP contribution in [0.25, 0.3) is 28.0 Å². The fraction of sp³-hybridized carbons (Fsp3) is 0.259. The molecule has 6 nitrogen and oxygen atoms in total. The molecule has 0 N–H and O–H groups in total. The van der Waals surface area contributed by atoms with Crippen molar-refractivity contribution in [3.05, 3.63) is 84.4 Å². The fourth-order valence-corrected chi connectivity index (χ4v) is 4.47. The molecule has 0 radical (unpaired) electrons. The standard InChI is InChI=1S/C27H27FN4O2/c1-34-19-26(33)31-15-13-30(14-16-31)18-24-27(21-7-10-23(28)11-8-21)29-25-12-9-22(17-32(24)25)20-5-3-2-4-6-20/h2-12,17H,13-16,18-19H2,1H3. The monoisotopic (exact) mass is 458 g/mol. The van der Waals surface area contributed by atoms with Crippen molar-refractivity contribution in [1.29, 1.82) is 0 Å². The molecule has 0 atom stereocenters. The van der Waals surface area contributed by atoms with Crippen LogP contribution in [0, 0.1) is 5.82 Å². The van der Waals surface area contributed by atoms with Gasteiger partial charge in [-0.15, -0.1) is 0 Å². The minimum atomic E-state index is -0.266. The number of imidazole rings is 1. The number of benzene rings is 2. The predicted molar refractivity (Wildman–Crippen MR) is 130 cm³/mol. The van der Waals surface area contributed by atoms with Crippen LogP contribution < -0.4 is 0 Å². The molecule has 2 aromatic carbocycles.